The molecule has 0 bridgehead atoms. The molecule has 0 aromatic carbocycles. The second kappa shape index (κ2) is 3.80. The normalized spacial score (nSPS) is 27.9. The molecule has 0 unspecified atom stereocenters. The van der Waals surface area contributed by atoms with E-state index in [-0.39, 0.29) is 11.1 Å². The maximum absolute atomic E-state index is 12.0. The van der Waals surface area contributed by atoms with Gasteiger partial charge in [0.05, 0.1) is 0 Å². The van der Waals surface area contributed by atoms with E-state index < -0.39 is 0 Å². The molecule has 1 aliphatic heterocycles. The molecule has 0 aromatic heterocycles. The lowest BCUT2D eigenvalue weighted by atomic mass is 9.79. The highest BCUT2D eigenvalue weighted by atomic mass is 16.5. The lowest BCUT2D eigenvalue weighted by Crippen LogP contribution is -2.61. The van der Waals surface area contributed by atoms with Gasteiger partial charge in [0.1, 0.15) is 0 Å². The Balaban J connectivity index is 2.75. The number of piperidine rings is 1. The fourth-order valence-electron chi connectivity index (χ4n) is 2.70. The van der Waals surface area contributed by atoms with Crippen LogP contribution in [0.4, 0.5) is 0 Å². The third kappa shape index (κ3) is 2.27. The average Bonchev–Trinajstić information content (AvgIpc) is 1.99. The predicted octanol–water partition coefficient (Wildman–Crippen LogP) is 1.96. The predicted molar refractivity (Wildman–Crippen MR) is 57.4 cm³/mol. The summed E-state index contributed by atoms with van der Waals surface area (Å²) in [6, 6.07) is 0.482. The van der Waals surface area contributed by atoms with E-state index in [1.807, 2.05) is 27.7 Å². The van der Waals surface area contributed by atoms with Crippen molar-refractivity contribution >= 4 is 0 Å². The van der Waals surface area contributed by atoms with Gasteiger partial charge in [0.25, 0.3) is 0 Å². The van der Waals surface area contributed by atoms with Crippen LogP contribution in [-0.2, 0) is 5.21 Å². The summed E-state index contributed by atoms with van der Waals surface area (Å²) in [7, 11) is 0. The van der Waals surface area contributed by atoms with Crippen LogP contribution >= 0.6 is 0 Å². The summed E-state index contributed by atoms with van der Waals surface area (Å²) in [5, 5.41) is 16.7. The zero-order valence-electron chi connectivity index (χ0n) is 10.1. The van der Waals surface area contributed by atoms with Crippen LogP contribution in [0.5, 0.6) is 0 Å². The molecule has 3 heteroatoms. The molecule has 83 valence electrons. The van der Waals surface area contributed by atoms with E-state index in [0.29, 0.717) is 6.04 Å². The van der Waals surface area contributed by atoms with Crippen molar-refractivity contribution in [3.05, 3.63) is 0 Å². The Bertz CT molecular complexity index is 183. The van der Waals surface area contributed by atoms with E-state index in [1.54, 1.807) is 0 Å². The topological polar surface area (TPSA) is 35.2 Å². The van der Waals surface area contributed by atoms with E-state index in [2.05, 4.69) is 12.2 Å². The quantitative estimate of drug-likeness (QED) is 0.738. The number of nitrogens with one attached hydrogen (secondary N) is 1. The largest absolute Gasteiger partial charge is 0.314 e. The standard InChI is InChI=1S/C11H23N2O/c1-6-12-9-7-10(2,3)13(14)11(4,5)8-9/h9,12H,6-8H2,1-5H3. The molecule has 1 aliphatic rings. The van der Waals surface area contributed by atoms with E-state index in [9.17, 15) is 5.21 Å². The van der Waals surface area contributed by atoms with E-state index in [1.165, 1.54) is 5.06 Å². The molecule has 0 saturated carbocycles. The van der Waals surface area contributed by atoms with E-state index in [0.717, 1.165) is 19.4 Å². The molecule has 14 heavy (non-hydrogen) atoms. The first-order valence-corrected chi connectivity index (χ1v) is 5.50. The molecule has 0 aliphatic carbocycles. The summed E-state index contributed by atoms with van der Waals surface area (Å²) < 4.78 is 0. The molecule has 3 nitrogen and oxygen atoms in total. The van der Waals surface area contributed by atoms with Crippen LogP contribution in [0, 0.1) is 0 Å². The van der Waals surface area contributed by atoms with Gasteiger partial charge < -0.3 is 5.32 Å². The van der Waals surface area contributed by atoms with Crippen LogP contribution in [0.25, 0.3) is 0 Å². The van der Waals surface area contributed by atoms with Crippen LogP contribution in [0.3, 0.4) is 0 Å². The van der Waals surface area contributed by atoms with Gasteiger partial charge in [-0.1, -0.05) is 6.92 Å². The van der Waals surface area contributed by atoms with Gasteiger partial charge in [-0.15, -0.1) is 10.3 Å². The van der Waals surface area contributed by atoms with Crippen molar-refractivity contribution in [3.63, 3.8) is 0 Å². The van der Waals surface area contributed by atoms with Crippen molar-refractivity contribution in [1.82, 2.24) is 10.4 Å². The molecule has 1 rings (SSSR count). The molecular weight excluding hydrogens is 176 g/mol. The second-order valence-corrected chi connectivity index (χ2v) is 5.58. The van der Waals surface area contributed by atoms with Gasteiger partial charge in [-0.2, -0.15) is 0 Å². The first-order valence-electron chi connectivity index (χ1n) is 5.50. The minimum atomic E-state index is -0.241. The van der Waals surface area contributed by atoms with Gasteiger partial charge in [0.2, 0.25) is 0 Å². The fourth-order valence-corrected chi connectivity index (χ4v) is 2.70. The second-order valence-electron chi connectivity index (χ2n) is 5.58. The number of nitrogens with zero attached hydrogens (tertiary/aromatic N) is 1. The molecule has 1 N–H and O–H groups in total. The monoisotopic (exact) mass is 199 g/mol. The van der Waals surface area contributed by atoms with Gasteiger partial charge in [-0.05, 0) is 47.1 Å². The van der Waals surface area contributed by atoms with Crippen molar-refractivity contribution in [2.24, 2.45) is 0 Å². The molecular formula is C11H23N2O. The average molecular weight is 199 g/mol. The zero-order valence-corrected chi connectivity index (χ0v) is 10.1. The van der Waals surface area contributed by atoms with E-state index >= 15 is 0 Å². The van der Waals surface area contributed by atoms with Crippen molar-refractivity contribution < 1.29 is 5.21 Å². The van der Waals surface area contributed by atoms with Crippen molar-refractivity contribution in [2.45, 2.75) is 64.6 Å². The molecule has 0 spiro atoms. The zero-order chi connectivity index (χ0) is 11.0. The van der Waals surface area contributed by atoms with Crippen molar-refractivity contribution in [3.8, 4) is 0 Å². The smallest absolute Gasteiger partial charge is 0.0458 e. The highest BCUT2D eigenvalue weighted by Gasteiger charge is 2.45. The lowest BCUT2D eigenvalue weighted by molar-refractivity contribution is -0.290. The summed E-state index contributed by atoms with van der Waals surface area (Å²) in [6.07, 6.45) is 1.88. The number of hydroxylamine groups is 2. The summed E-state index contributed by atoms with van der Waals surface area (Å²) in [4.78, 5) is 0. The molecule has 1 saturated heterocycles. The number of hydrogen-bond acceptors (Lipinski definition) is 2. The minimum absolute atomic E-state index is 0.241. The van der Waals surface area contributed by atoms with E-state index in [4.69, 9.17) is 0 Å². The fraction of sp³-hybridized carbons (Fsp3) is 1.00. The molecule has 1 heterocycles. The van der Waals surface area contributed by atoms with Gasteiger partial charge in [-0.3, -0.25) is 0 Å². The Kier molecular flexibility index (Phi) is 3.24. The van der Waals surface area contributed by atoms with Crippen LogP contribution in [0.15, 0.2) is 0 Å². The summed E-state index contributed by atoms with van der Waals surface area (Å²) in [6.45, 7) is 11.2. The molecule has 0 atom stereocenters. The third-order valence-corrected chi connectivity index (χ3v) is 3.08. The number of hydrogen-bond donors (Lipinski definition) is 1. The van der Waals surface area contributed by atoms with Gasteiger partial charge in [0, 0.05) is 17.1 Å². The highest BCUT2D eigenvalue weighted by molar-refractivity contribution is 4.98. The maximum Gasteiger partial charge on any atom is 0.0458 e. The molecule has 1 radical (unpaired) electrons. The summed E-state index contributed by atoms with van der Waals surface area (Å²) in [5.41, 5.74) is -0.483. The Morgan fingerprint density at radius 2 is 1.64 bits per heavy atom. The van der Waals surface area contributed by atoms with Crippen LogP contribution in [0.2, 0.25) is 0 Å². The van der Waals surface area contributed by atoms with Crippen LogP contribution in [0.1, 0.15) is 47.5 Å². The first-order chi connectivity index (χ1) is 6.29. The molecule has 0 amide bonds. The number of rotatable bonds is 2. The highest BCUT2D eigenvalue weighted by Crippen LogP contribution is 2.36. The third-order valence-electron chi connectivity index (χ3n) is 3.08. The Morgan fingerprint density at radius 3 is 2.00 bits per heavy atom. The lowest BCUT2D eigenvalue weighted by Gasteiger charge is -2.50. The van der Waals surface area contributed by atoms with Crippen molar-refractivity contribution in [1.29, 1.82) is 0 Å². The molecule has 1 fully saturated rings. The Morgan fingerprint density at radius 1 is 1.21 bits per heavy atom. The SMILES string of the molecule is CCNC1CC(C)(C)N([O])C(C)(C)C1. The van der Waals surface area contributed by atoms with Crippen LogP contribution in [-0.4, -0.2) is 28.7 Å². The Hall–Kier alpha value is -0.120. The summed E-state index contributed by atoms with van der Waals surface area (Å²) in [5.74, 6) is 0. The summed E-state index contributed by atoms with van der Waals surface area (Å²) >= 11 is 0. The minimum Gasteiger partial charge on any atom is -0.314 e. The first kappa shape index (κ1) is 12.0. The molecule has 0 aromatic rings. The van der Waals surface area contributed by atoms with Gasteiger partial charge in [-0.25, -0.2) is 0 Å². The van der Waals surface area contributed by atoms with Crippen LogP contribution < -0.4 is 5.32 Å². The van der Waals surface area contributed by atoms with Gasteiger partial charge >= 0.3 is 0 Å². The van der Waals surface area contributed by atoms with Crippen molar-refractivity contribution in [2.75, 3.05) is 6.54 Å². The van der Waals surface area contributed by atoms with Gasteiger partial charge in [0.15, 0.2) is 0 Å². The maximum atomic E-state index is 12.0. The Labute approximate surface area is 87.4 Å².